The first-order valence-electron chi connectivity index (χ1n) is 10.0. The lowest BCUT2D eigenvalue weighted by Gasteiger charge is -2.33. The number of nitrogens with zero attached hydrogens (tertiary/aromatic N) is 2. The fourth-order valence-corrected chi connectivity index (χ4v) is 3.89. The highest BCUT2D eigenvalue weighted by molar-refractivity contribution is 14.0. The van der Waals surface area contributed by atoms with Crippen LogP contribution in [0.1, 0.15) is 43.9 Å². The number of rotatable bonds is 5. The lowest BCUT2D eigenvalue weighted by molar-refractivity contribution is 0.197. The lowest BCUT2D eigenvalue weighted by atomic mass is 10.1. The van der Waals surface area contributed by atoms with Gasteiger partial charge in [0.05, 0.1) is 0 Å². The average Bonchev–Trinajstić information content (AvgIpc) is 3.46. The highest BCUT2D eigenvalue weighted by atomic mass is 127. The Kier molecular flexibility index (Phi) is 7.03. The number of benzene rings is 1. The molecule has 1 aromatic carbocycles. The quantitative estimate of drug-likeness (QED) is 0.384. The fourth-order valence-electron chi connectivity index (χ4n) is 3.89. The Labute approximate surface area is 179 Å². The first kappa shape index (κ1) is 20.5. The third-order valence-electron chi connectivity index (χ3n) is 5.60. The Balaban J connectivity index is 0.00000210. The van der Waals surface area contributed by atoms with E-state index in [2.05, 4.69) is 41.5 Å². The van der Waals surface area contributed by atoms with Crippen molar-refractivity contribution in [2.24, 2.45) is 4.99 Å². The van der Waals surface area contributed by atoms with Gasteiger partial charge in [-0.3, -0.25) is 0 Å². The Morgan fingerprint density at radius 2 is 1.93 bits per heavy atom. The smallest absolute Gasteiger partial charge is 0.191 e. The zero-order valence-corrected chi connectivity index (χ0v) is 18.7. The standard InChI is InChI=1S/C21H30N4O.HI/c1-3-22-21(24-16-10-12-25(13-11-16)17-8-9-17)23-14-20-15(2)18-6-4-5-7-19(18)26-20;/h4-7,16-17H,3,8-14H2,1-2H3,(H2,22,23,24);1H. The maximum absolute atomic E-state index is 6.00. The number of piperidine rings is 1. The van der Waals surface area contributed by atoms with Gasteiger partial charge in [-0.2, -0.15) is 0 Å². The molecule has 0 radical (unpaired) electrons. The van der Waals surface area contributed by atoms with Gasteiger partial charge in [-0.1, -0.05) is 18.2 Å². The third-order valence-corrected chi connectivity index (χ3v) is 5.60. The van der Waals surface area contributed by atoms with Gasteiger partial charge in [0.2, 0.25) is 0 Å². The number of hydrogen-bond donors (Lipinski definition) is 2. The zero-order valence-electron chi connectivity index (χ0n) is 16.3. The number of fused-ring (bicyclic) bond motifs is 1. The maximum atomic E-state index is 6.00. The first-order chi connectivity index (χ1) is 12.7. The minimum atomic E-state index is 0. The van der Waals surface area contributed by atoms with Crippen molar-refractivity contribution in [1.29, 1.82) is 0 Å². The van der Waals surface area contributed by atoms with Crippen LogP contribution in [-0.2, 0) is 6.54 Å². The van der Waals surface area contributed by atoms with Crippen LogP contribution in [0.3, 0.4) is 0 Å². The van der Waals surface area contributed by atoms with Crippen LogP contribution in [-0.4, -0.2) is 42.6 Å². The van der Waals surface area contributed by atoms with E-state index in [0.717, 1.165) is 29.9 Å². The van der Waals surface area contributed by atoms with E-state index in [4.69, 9.17) is 9.41 Å². The number of para-hydroxylation sites is 1. The van der Waals surface area contributed by atoms with Crippen molar-refractivity contribution in [2.45, 2.75) is 58.2 Å². The minimum Gasteiger partial charge on any atom is -0.459 e. The number of aryl methyl sites for hydroxylation is 1. The summed E-state index contributed by atoms with van der Waals surface area (Å²) in [5.74, 6) is 1.85. The van der Waals surface area contributed by atoms with Crippen molar-refractivity contribution in [3.63, 3.8) is 0 Å². The van der Waals surface area contributed by atoms with Gasteiger partial charge in [0, 0.05) is 42.7 Å². The molecule has 1 aliphatic heterocycles. The van der Waals surface area contributed by atoms with Crippen LogP contribution in [0.25, 0.3) is 11.0 Å². The van der Waals surface area contributed by atoms with Gasteiger partial charge in [0.25, 0.3) is 0 Å². The van der Waals surface area contributed by atoms with E-state index in [1.165, 1.54) is 49.7 Å². The number of hydrogen-bond acceptors (Lipinski definition) is 3. The molecule has 0 unspecified atom stereocenters. The Bertz CT molecular complexity index is 776. The van der Waals surface area contributed by atoms with Crippen molar-refractivity contribution < 1.29 is 4.42 Å². The lowest BCUT2D eigenvalue weighted by Crippen LogP contribution is -2.49. The van der Waals surface area contributed by atoms with E-state index in [-0.39, 0.29) is 24.0 Å². The normalized spacial score (nSPS) is 19.1. The molecule has 148 valence electrons. The summed E-state index contributed by atoms with van der Waals surface area (Å²) >= 11 is 0. The van der Waals surface area contributed by atoms with Gasteiger partial charge in [0.1, 0.15) is 17.9 Å². The van der Waals surface area contributed by atoms with Crippen LogP contribution in [0.15, 0.2) is 33.7 Å². The first-order valence-corrected chi connectivity index (χ1v) is 10.0. The molecule has 2 aromatic rings. The Hall–Kier alpha value is -1.28. The molecule has 1 aliphatic carbocycles. The second-order valence-corrected chi connectivity index (χ2v) is 7.53. The van der Waals surface area contributed by atoms with Gasteiger partial charge in [-0.15, -0.1) is 24.0 Å². The Morgan fingerprint density at radius 3 is 2.59 bits per heavy atom. The van der Waals surface area contributed by atoms with Crippen LogP contribution >= 0.6 is 24.0 Å². The van der Waals surface area contributed by atoms with Crippen molar-refractivity contribution in [1.82, 2.24) is 15.5 Å². The summed E-state index contributed by atoms with van der Waals surface area (Å²) in [7, 11) is 0. The molecule has 0 atom stereocenters. The molecule has 5 nitrogen and oxygen atoms in total. The predicted octanol–water partition coefficient (Wildman–Crippen LogP) is 4.04. The van der Waals surface area contributed by atoms with Crippen molar-refractivity contribution in [3.05, 3.63) is 35.6 Å². The van der Waals surface area contributed by atoms with E-state index >= 15 is 0 Å². The number of halogens is 1. The van der Waals surface area contributed by atoms with Crippen molar-refractivity contribution >= 4 is 40.9 Å². The summed E-state index contributed by atoms with van der Waals surface area (Å²) < 4.78 is 6.00. The molecule has 2 fully saturated rings. The average molecular weight is 482 g/mol. The second-order valence-electron chi connectivity index (χ2n) is 7.53. The van der Waals surface area contributed by atoms with Gasteiger partial charge >= 0.3 is 0 Å². The molecule has 0 bridgehead atoms. The van der Waals surface area contributed by atoms with E-state index < -0.39 is 0 Å². The minimum absolute atomic E-state index is 0. The van der Waals surface area contributed by atoms with Gasteiger partial charge < -0.3 is 20.0 Å². The van der Waals surface area contributed by atoms with E-state index in [1.54, 1.807) is 0 Å². The second kappa shape index (κ2) is 9.28. The molecule has 2 aliphatic rings. The van der Waals surface area contributed by atoms with Crippen LogP contribution in [0, 0.1) is 6.92 Å². The molecule has 1 aromatic heterocycles. The zero-order chi connectivity index (χ0) is 17.9. The summed E-state index contributed by atoms with van der Waals surface area (Å²) in [5.41, 5.74) is 2.14. The van der Waals surface area contributed by atoms with Crippen LogP contribution < -0.4 is 10.6 Å². The molecule has 1 saturated heterocycles. The fraction of sp³-hybridized carbons (Fsp3) is 0.571. The highest BCUT2D eigenvalue weighted by Gasteiger charge is 2.31. The molecule has 2 N–H and O–H groups in total. The summed E-state index contributed by atoms with van der Waals surface area (Å²) in [6.07, 6.45) is 5.20. The third kappa shape index (κ3) is 4.96. The predicted molar refractivity (Wildman–Crippen MR) is 122 cm³/mol. The highest BCUT2D eigenvalue weighted by Crippen LogP contribution is 2.29. The molecule has 27 heavy (non-hydrogen) atoms. The maximum Gasteiger partial charge on any atom is 0.191 e. The molecule has 1 saturated carbocycles. The summed E-state index contributed by atoms with van der Waals surface area (Å²) in [6, 6.07) is 9.59. The van der Waals surface area contributed by atoms with Crippen molar-refractivity contribution in [3.8, 4) is 0 Å². The van der Waals surface area contributed by atoms with Crippen molar-refractivity contribution in [2.75, 3.05) is 19.6 Å². The van der Waals surface area contributed by atoms with E-state index in [1.807, 2.05) is 12.1 Å². The monoisotopic (exact) mass is 482 g/mol. The number of furan rings is 1. The van der Waals surface area contributed by atoms with Gasteiger partial charge in [0.15, 0.2) is 5.96 Å². The summed E-state index contributed by atoms with van der Waals surface area (Å²) in [4.78, 5) is 7.44. The molecule has 0 spiro atoms. The van der Waals surface area contributed by atoms with Crippen LogP contribution in [0.5, 0.6) is 0 Å². The molecule has 4 rings (SSSR count). The van der Waals surface area contributed by atoms with Crippen LogP contribution in [0.2, 0.25) is 0 Å². The van der Waals surface area contributed by atoms with E-state index in [9.17, 15) is 0 Å². The number of guanidine groups is 1. The molecule has 0 amide bonds. The Morgan fingerprint density at radius 1 is 1.19 bits per heavy atom. The van der Waals surface area contributed by atoms with E-state index in [0.29, 0.717) is 12.6 Å². The molecular weight excluding hydrogens is 451 g/mol. The molecule has 2 heterocycles. The largest absolute Gasteiger partial charge is 0.459 e. The molecule has 6 heteroatoms. The topological polar surface area (TPSA) is 52.8 Å². The number of aliphatic imine (C=N–C) groups is 1. The molecular formula is C21H31IN4O. The van der Waals surface area contributed by atoms with Crippen LogP contribution in [0.4, 0.5) is 0 Å². The number of likely N-dealkylation sites (tertiary alicyclic amines) is 1. The van der Waals surface area contributed by atoms with Gasteiger partial charge in [-0.25, -0.2) is 4.99 Å². The SMILES string of the molecule is CCNC(=NCc1oc2ccccc2c1C)NC1CCN(C2CC2)CC1.I. The summed E-state index contributed by atoms with van der Waals surface area (Å²) in [5, 5.41) is 8.20. The summed E-state index contributed by atoms with van der Waals surface area (Å²) in [6.45, 7) is 8.08. The van der Waals surface area contributed by atoms with Gasteiger partial charge in [-0.05, 0) is 45.6 Å². The number of nitrogens with one attached hydrogen (secondary N) is 2.